The minimum Gasteiger partial charge on any atom is -0.345 e. The summed E-state index contributed by atoms with van der Waals surface area (Å²) < 4.78 is 0. The van der Waals surface area contributed by atoms with E-state index in [-0.39, 0.29) is 0 Å². The molecule has 66 valence electrons. The number of hydrogen-bond donors (Lipinski definition) is 2. The summed E-state index contributed by atoms with van der Waals surface area (Å²) in [7, 11) is 0. The number of aromatic nitrogens is 2. The summed E-state index contributed by atoms with van der Waals surface area (Å²) in [6, 6.07) is 8.05. The quantitative estimate of drug-likeness (QED) is 0.723. The van der Waals surface area contributed by atoms with E-state index in [2.05, 4.69) is 9.97 Å². The molecule has 3 nitrogen and oxygen atoms in total. The third-order valence-corrected chi connectivity index (χ3v) is 1.96. The fourth-order valence-corrected chi connectivity index (χ4v) is 1.22. The van der Waals surface area contributed by atoms with Gasteiger partial charge in [-0.2, -0.15) is 0 Å². The molecule has 3 N–H and O–H groups in total. The molecule has 0 amide bonds. The van der Waals surface area contributed by atoms with Crippen molar-refractivity contribution in [2.75, 3.05) is 0 Å². The second kappa shape index (κ2) is 3.41. The van der Waals surface area contributed by atoms with Gasteiger partial charge < -0.3 is 10.7 Å². The number of rotatable bonds is 2. The summed E-state index contributed by atoms with van der Waals surface area (Å²) in [6.07, 6.45) is 3.55. The zero-order valence-electron chi connectivity index (χ0n) is 7.20. The lowest BCUT2D eigenvalue weighted by Gasteiger charge is -1.98. The van der Waals surface area contributed by atoms with Crippen LogP contribution in [0.1, 0.15) is 5.56 Å². The maximum atomic E-state index is 5.50. The molecule has 1 aromatic carbocycles. The van der Waals surface area contributed by atoms with Gasteiger partial charge in [-0.1, -0.05) is 24.3 Å². The van der Waals surface area contributed by atoms with E-state index in [4.69, 9.17) is 5.73 Å². The molecule has 0 aliphatic rings. The van der Waals surface area contributed by atoms with Gasteiger partial charge in [0.1, 0.15) is 5.82 Å². The molecule has 0 spiro atoms. The minimum atomic E-state index is 0.582. The highest BCUT2D eigenvalue weighted by Gasteiger charge is 1.97. The summed E-state index contributed by atoms with van der Waals surface area (Å²) in [4.78, 5) is 7.20. The van der Waals surface area contributed by atoms with Crippen molar-refractivity contribution in [3.63, 3.8) is 0 Å². The number of nitrogens with one attached hydrogen (secondary N) is 1. The normalized spacial score (nSPS) is 10.2. The van der Waals surface area contributed by atoms with Gasteiger partial charge in [-0.25, -0.2) is 4.98 Å². The first-order valence-corrected chi connectivity index (χ1v) is 4.19. The van der Waals surface area contributed by atoms with Crippen LogP contribution in [0.4, 0.5) is 0 Å². The van der Waals surface area contributed by atoms with Crippen molar-refractivity contribution in [1.29, 1.82) is 0 Å². The van der Waals surface area contributed by atoms with Gasteiger partial charge in [-0.05, 0) is 5.56 Å². The van der Waals surface area contributed by atoms with Crippen LogP contribution < -0.4 is 5.73 Å². The van der Waals surface area contributed by atoms with Gasteiger partial charge in [0.15, 0.2) is 0 Å². The van der Waals surface area contributed by atoms with Crippen molar-refractivity contribution in [3.05, 3.63) is 42.2 Å². The van der Waals surface area contributed by atoms with Crippen LogP contribution in [0, 0.1) is 0 Å². The van der Waals surface area contributed by atoms with E-state index in [0.717, 1.165) is 17.0 Å². The lowest BCUT2D eigenvalue weighted by molar-refractivity contribution is 1.07. The smallest absolute Gasteiger partial charge is 0.137 e. The highest BCUT2D eigenvalue weighted by molar-refractivity contribution is 5.54. The minimum absolute atomic E-state index is 0.582. The molecule has 0 saturated heterocycles. The van der Waals surface area contributed by atoms with E-state index in [0.29, 0.717) is 6.54 Å². The summed E-state index contributed by atoms with van der Waals surface area (Å²) in [5, 5.41) is 0. The molecule has 2 aromatic rings. The molecular weight excluding hydrogens is 162 g/mol. The molecule has 1 aromatic heterocycles. The molecule has 0 aliphatic heterocycles. The first kappa shape index (κ1) is 8.01. The average molecular weight is 173 g/mol. The van der Waals surface area contributed by atoms with Crippen LogP contribution in [0.5, 0.6) is 0 Å². The van der Waals surface area contributed by atoms with Crippen LogP contribution in [0.15, 0.2) is 36.7 Å². The Bertz CT molecular complexity index is 362. The largest absolute Gasteiger partial charge is 0.345 e. The lowest BCUT2D eigenvalue weighted by Crippen LogP contribution is -1.95. The predicted molar refractivity (Wildman–Crippen MR) is 51.9 cm³/mol. The average Bonchev–Trinajstić information content (AvgIpc) is 2.71. The Hall–Kier alpha value is -1.61. The van der Waals surface area contributed by atoms with Gasteiger partial charge >= 0.3 is 0 Å². The number of H-pyrrole nitrogens is 1. The van der Waals surface area contributed by atoms with E-state index in [1.165, 1.54) is 0 Å². The summed E-state index contributed by atoms with van der Waals surface area (Å²) in [5.74, 6) is 0.892. The third-order valence-electron chi connectivity index (χ3n) is 1.96. The van der Waals surface area contributed by atoms with Gasteiger partial charge in [-0.15, -0.1) is 0 Å². The van der Waals surface area contributed by atoms with E-state index in [9.17, 15) is 0 Å². The van der Waals surface area contributed by atoms with Crippen LogP contribution in [0.2, 0.25) is 0 Å². The van der Waals surface area contributed by atoms with Crippen molar-refractivity contribution in [2.45, 2.75) is 6.54 Å². The molecule has 0 aliphatic carbocycles. The molecule has 3 heteroatoms. The van der Waals surface area contributed by atoms with Crippen LogP contribution in [0.3, 0.4) is 0 Å². The number of imidazole rings is 1. The van der Waals surface area contributed by atoms with Crippen molar-refractivity contribution in [2.24, 2.45) is 5.73 Å². The van der Waals surface area contributed by atoms with E-state index < -0.39 is 0 Å². The molecule has 0 saturated carbocycles. The molecule has 0 unspecified atom stereocenters. The van der Waals surface area contributed by atoms with Crippen molar-refractivity contribution >= 4 is 0 Å². The SMILES string of the molecule is NCc1ccc(-c2ncc[nH]2)cc1. The van der Waals surface area contributed by atoms with E-state index >= 15 is 0 Å². The van der Waals surface area contributed by atoms with Gasteiger partial charge in [-0.3, -0.25) is 0 Å². The summed E-state index contributed by atoms with van der Waals surface area (Å²) in [5.41, 5.74) is 7.72. The number of aromatic amines is 1. The topological polar surface area (TPSA) is 54.7 Å². The fraction of sp³-hybridized carbons (Fsp3) is 0.100. The fourth-order valence-electron chi connectivity index (χ4n) is 1.22. The Kier molecular flexibility index (Phi) is 2.10. The molecule has 0 radical (unpaired) electrons. The molecule has 0 bridgehead atoms. The Morgan fingerprint density at radius 2 is 2.00 bits per heavy atom. The highest BCUT2D eigenvalue weighted by Crippen LogP contribution is 2.14. The van der Waals surface area contributed by atoms with Gasteiger partial charge in [0.05, 0.1) is 0 Å². The number of benzene rings is 1. The van der Waals surface area contributed by atoms with Crippen LogP contribution in [-0.2, 0) is 6.54 Å². The summed E-state index contributed by atoms with van der Waals surface area (Å²) in [6.45, 7) is 0.582. The summed E-state index contributed by atoms with van der Waals surface area (Å²) >= 11 is 0. The molecule has 0 fully saturated rings. The van der Waals surface area contributed by atoms with Crippen LogP contribution in [-0.4, -0.2) is 9.97 Å². The number of nitrogens with two attached hydrogens (primary N) is 1. The highest BCUT2D eigenvalue weighted by atomic mass is 14.9. The van der Waals surface area contributed by atoms with E-state index in [1.54, 1.807) is 6.20 Å². The van der Waals surface area contributed by atoms with E-state index in [1.807, 2.05) is 30.5 Å². The van der Waals surface area contributed by atoms with Crippen LogP contribution >= 0.6 is 0 Å². The van der Waals surface area contributed by atoms with Crippen molar-refractivity contribution in [3.8, 4) is 11.4 Å². The maximum absolute atomic E-state index is 5.50. The lowest BCUT2D eigenvalue weighted by atomic mass is 10.1. The number of hydrogen-bond acceptors (Lipinski definition) is 2. The van der Waals surface area contributed by atoms with Crippen molar-refractivity contribution in [1.82, 2.24) is 9.97 Å². The maximum Gasteiger partial charge on any atom is 0.137 e. The van der Waals surface area contributed by atoms with Gasteiger partial charge in [0.25, 0.3) is 0 Å². The first-order chi connectivity index (χ1) is 6.40. The molecule has 2 rings (SSSR count). The second-order valence-corrected chi connectivity index (χ2v) is 2.84. The molecular formula is C10H11N3. The zero-order chi connectivity index (χ0) is 9.10. The standard InChI is InChI=1S/C10H11N3/c11-7-8-1-3-9(4-2-8)10-12-5-6-13-10/h1-6H,7,11H2,(H,12,13). The Balaban J connectivity index is 2.33. The molecule has 13 heavy (non-hydrogen) atoms. The zero-order valence-corrected chi connectivity index (χ0v) is 7.20. The molecule has 0 atom stereocenters. The predicted octanol–water partition coefficient (Wildman–Crippen LogP) is 1.54. The Morgan fingerprint density at radius 3 is 2.54 bits per heavy atom. The Labute approximate surface area is 76.6 Å². The second-order valence-electron chi connectivity index (χ2n) is 2.84. The Morgan fingerprint density at radius 1 is 1.23 bits per heavy atom. The molecule has 1 heterocycles. The van der Waals surface area contributed by atoms with Gasteiger partial charge in [0, 0.05) is 24.5 Å². The monoisotopic (exact) mass is 173 g/mol. The van der Waals surface area contributed by atoms with Gasteiger partial charge in [0.2, 0.25) is 0 Å². The van der Waals surface area contributed by atoms with Crippen LogP contribution in [0.25, 0.3) is 11.4 Å². The first-order valence-electron chi connectivity index (χ1n) is 4.19. The number of nitrogens with zero attached hydrogens (tertiary/aromatic N) is 1. The van der Waals surface area contributed by atoms with Crippen molar-refractivity contribution < 1.29 is 0 Å². The third kappa shape index (κ3) is 1.60.